The lowest BCUT2D eigenvalue weighted by molar-refractivity contribution is 0.246. The van der Waals surface area contributed by atoms with E-state index >= 15 is 0 Å². The molecule has 0 fully saturated rings. The van der Waals surface area contributed by atoms with E-state index in [4.69, 9.17) is 4.74 Å². The number of hydrogen-bond acceptors (Lipinski definition) is 4. The molecule has 1 N–H and O–H groups in total. The Hall–Kier alpha value is -2.17. The number of rotatable bonds is 3. The van der Waals surface area contributed by atoms with Gasteiger partial charge in [-0.15, -0.1) is 0 Å². The van der Waals surface area contributed by atoms with Gasteiger partial charge in [0, 0.05) is 6.42 Å². The number of aromatic nitrogens is 2. The van der Waals surface area contributed by atoms with E-state index in [2.05, 4.69) is 21.4 Å². The van der Waals surface area contributed by atoms with Crippen LogP contribution in [0.3, 0.4) is 0 Å². The van der Waals surface area contributed by atoms with Gasteiger partial charge in [0.1, 0.15) is 11.9 Å². The number of fused-ring (bicyclic) bond motifs is 1. The van der Waals surface area contributed by atoms with Crippen LogP contribution in [0.5, 0.6) is 5.75 Å². The highest BCUT2D eigenvalue weighted by Gasteiger charge is 2.21. The molecular weight excluding hydrogens is 233 g/mol. The summed E-state index contributed by atoms with van der Waals surface area (Å²) < 4.78 is 18.4. The molecular formula is C13H12FN3O. The summed E-state index contributed by atoms with van der Waals surface area (Å²) in [5.41, 5.74) is 1.21. The normalized spacial score (nSPS) is 17.1. The summed E-state index contributed by atoms with van der Waals surface area (Å²) in [5, 5.41) is 3.03. The molecule has 1 aromatic carbocycles. The van der Waals surface area contributed by atoms with Gasteiger partial charge in [0.25, 0.3) is 0 Å². The summed E-state index contributed by atoms with van der Waals surface area (Å²) in [6.07, 6.45) is 3.21. The molecule has 0 spiro atoms. The Morgan fingerprint density at radius 3 is 2.83 bits per heavy atom. The van der Waals surface area contributed by atoms with Crippen LogP contribution in [-0.4, -0.2) is 22.6 Å². The predicted molar refractivity (Wildman–Crippen MR) is 65.0 cm³/mol. The summed E-state index contributed by atoms with van der Waals surface area (Å²) in [6, 6.07) is 7.98. The number of hydrogen-bond donors (Lipinski definition) is 1. The van der Waals surface area contributed by atoms with Crippen molar-refractivity contribution in [3.05, 3.63) is 48.0 Å². The first-order valence-corrected chi connectivity index (χ1v) is 5.77. The Kier molecular flexibility index (Phi) is 2.80. The highest BCUT2D eigenvalue weighted by Crippen LogP contribution is 2.27. The second-order valence-electron chi connectivity index (χ2n) is 4.16. The van der Waals surface area contributed by atoms with Gasteiger partial charge in [0.05, 0.1) is 18.9 Å². The van der Waals surface area contributed by atoms with E-state index in [1.165, 1.54) is 5.56 Å². The fraction of sp³-hybridized carbons (Fsp3) is 0.231. The minimum Gasteiger partial charge on any atom is -0.488 e. The molecule has 0 aliphatic carbocycles. The molecule has 0 amide bonds. The van der Waals surface area contributed by atoms with Crippen LogP contribution in [0.15, 0.2) is 36.7 Å². The third kappa shape index (κ3) is 2.25. The van der Waals surface area contributed by atoms with Crippen molar-refractivity contribution in [3.8, 4) is 5.75 Å². The predicted octanol–water partition coefficient (Wildman–Crippen LogP) is 2.03. The number of anilines is 1. The molecule has 0 saturated carbocycles. The van der Waals surface area contributed by atoms with Crippen LogP contribution >= 0.6 is 0 Å². The molecule has 1 aliphatic heterocycles. The van der Waals surface area contributed by atoms with Crippen molar-refractivity contribution in [2.24, 2.45) is 0 Å². The largest absolute Gasteiger partial charge is 0.488 e. The van der Waals surface area contributed by atoms with Crippen molar-refractivity contribution in [1.29, 1.82) is 0 Å². The Labute approximate surface area is 104 Å². The molecule has 4 nitrogen and oxygen atoms in total. The maximum atomic E-state index is 12.6. The summed E-state index contributed by atoms with van der Waals surface area (Å²) in [5.74, 6) is 0.908. The van der Waals surface area contributed by atoms with E-state index in [-0.39, 0.29) is 6.10 Å². The fourth-order valence-electron chi connectivity index (χ4n) is 1.98. The Morgan fingerprint density at radius 1 is 1.28 bits per heavy atom. The van der Waals surface area contributed by atoms with Crippen molar-refractivity contribution < 1.29 is 9.13 Å². The van der Waals surface area contributed by atoms with Crippen LogP contribution in [-0.2, 0) is 6.42 Å². The number of nitrogens with one attached hydrogen (secondary N) is 1. The zero-order valence-corrected chi connectivity index (χ0v) is 9.64. The number of ether oxygens (including phenoxy) is 1. The van der Waals surface area contributed by atoms with Crippen molar-refractivity contribution >= 4 is 5.95 Å². The standard InChI is InChI=1S/C13H12FN3O/c14-10-6-15-13(16-7-10)17-8-11-5-9-3-1-2-4-12(9)18-11/h1-4,6-7,11H,5,8H2,(H,15,16,17). The van der Waals surface area contributed by atoms with Crippen LogP contribution in [0.4, 0.5) is 10.3 Å². The number of nitrogens with zero attached hydrogens (tertiary/aromatic N) is 2. The van der Waals surface area contributed by atoms with E-state index in [1.807, 2.05) is 18.2 Å². The number of benzene rings is 1. The van der Waals surface area contributed by atoms with Gasteiger partial charge in [-0.05, 0) is 11.6 Å². The Balaban J connectivity index is 1.58. The molecule has 1 aromatic heterocycles. The molecule has 0 saturated heterocycles. The van der Waals surface area contributed by atoms with E-state index in [0.717, 1.165) is 24.6 Å². The van der Waals surface area contributed by atoms with Gasteiger partial charge in [-0.1, -0.05) is 18.2 Å². The first-order chi connectivity index (χ1) is 8.81. The van der Waals surface area contributed by atoms with Crippen LogP contribution < -0.4 is 10.1 Å². The topological polar surface area (TPSA) is 47.0 Å². The fourth-order valence-corrected chi connectivity index (χ4v) is 1.98. The average molecular weight is 245 g/mol. The molecule has 3 rings (SSSR count). The van der Waals surface area contributed by atoms with Crippen molar-refractivity contribution in [2.75, 3.05) is 11.9 Å². The number of halogens is 1. The molecule has 1 aliphatic rings. The molecule has 92 valence electrons. The quantitative estimate of drug-likeness (QED) is 0.898. The van der Waals surface area contributed by atoms with Crippen LogP contribution in [0, 0.1) is 5.82 Å². The van der Waals surface area contributed by atoms with Crippen molar-refractivity contribution in [2.45, 2.75) is 12.5 Å². The van der Waals surface area contributed by atoms with E-state index in [9.17, 15) is 4.39 Å². The summed E-state index contributed by atoms with van der Waals surface area (Å²) in [7, 11) is 0. The SMILES string of the molecule is Fc1cnc(NCC2Cc3ccccc3O2)nc1. The van der Waals surface area contributed by atoms with Gasteiger partial charge < -0.3 is 10.1 Å². The van der Waals surface area contributed by atoms with Gasteiger partial charge in [0.2, 0.25) is 5.95 Å². The summed E-state index contributed by atoms with van der Waals surface area (Å²) >= 11 is 0. The van der Waals surface area contributed by atoms with Crippen molar-refractivity contribution in [1.82, 2.24) is 9.97 Å². The molecule has 0 radical (unpaired) electrons. The van der Waals surface area contributed by atoms with Crippen LogP contribution in [0.25, 0.3) is 0 Å². The minimum absolute atomic E-state index is 0.0658. The lowest BCUT2D eigenvalue weighted by atomic mass is 10.1. The first kappa shape index (κ1) is 11.0. The number of para-hydroxylation sites is 1. The maximum Gasteiger partial charge on any atom is 0.222 e. The molecule has 2 aromatic rings. The third-order valence-electron chi connectivity index (χ3n) is 2.82. The second-order valence-corrected chi connectivity index (χ2v) is 4.16. The summed E-state index contributed by atoms with van der Waals surface area (Å²) in [6.45, 7) is 0.598. The molecule has 18 heavy (non-hydrogen) atoms. The summed E-state index contributed by atoms with van der Waals surface area (Å²) in [4.78, 5) is 7.67. The van der Waals surface area contributed by atoms with E-state index < -0.39 is 5.82 Å². The molecule has 1 unspecified atom stereocenters. The maximum absolute atomic E-state index is 12.6. The van der Waals surface area contributed by atoms with Gasteiger partial charge in [-0.3, -0.25) is 0 Å². The highest BCUT2D eigenvalue weighted by molar-refractivity contribution is 5.38. The Bertz CT molecular complexity index is 519. The van der Waals surface area contributed by atoms with Crippen molar-refractivity contribution in [3.63, 3.8) is 0 Å². The van der Waals surface area contributed by atoms with Gasteiger partial charge >= 0.3 is 0 Å². The van der Waals surface area contributed by atoms with Gasteiger partial charge in [-0.2, -0.15) is 0 Å². The third-order valence-corrected chi connectivity index (χ3v) is 2.82. The van der Waals surface area contributed by atoms with E-state index in [0.29, 0.717) is 12.5 Å². The molecule has 5 heteroatoms. The highest BCUT2D eigenvalue weighted by atomic mass is 19.1. The lowest BCUT2D eigenvalue weighted by Crippen LogP contribution is -2.24. The Morgan fingerprint density at radius 2 is 2.06 bits per heavy atom. The zero-order valence-electron chi connectivity index (χ0n) is 9.64. The van der Waals surface area contributed by atoms with Gasteiger partial charge in [0.15, 0.2) is 5.82 Å². The molecule has 2 heterocycles. The smallest absolute Gasteiger partial charge is 0.222 e. The second kappa shape index (κ2) is 4.60. The zero-order chi connectivity index (χ0) is 12.4. The minimum atomic E-state index is -0.440. The lowest BCUT2D eigenvalue weighted by Gasteiger charge is -2.11. The van der Waals surface area contributed by atoms with Crippen LogP contribution in [0.1, 0.15) is 5.56 Å². The van der Waals surface area contributed by atoms with Crippen LogP contribution in [0.2, 0.25) is 0 Å². The molecule has 1 atom stereocenters. The average Bonchev–Trinajstić information content (AvgIpc) is 2.81. The monoisotopic (exact) mass is 245 g/mol. The van der Waals surface area contributed by atoms with E-state index in [1.54, 1.807) is 0 Å². The molecule has 0 bridgehead atoms. The first-order valence-electron chi connectivity index (χ1n) is 5.77. The van der Waals surface area contributed by atoms with Gasteiger partial charge in [-0.25, -0.2) is 14.4 Å².